The van der Waals surface area contributed by atoms with Gasteiger partial charge in [0.1, 0.15) is 11.8 Å². The molecule has 4 heterocycles. The first-order chi connectivity index (χ1) is 26.5. The zero-order valence-electron chi connectivity index (χ0n) is 30.6. The summed E-state index contributed by atoms with van der Waals surface area (Å²) in [5.41, 5.74) is 4.42. The number of aromatic nitrogens is 4. The minimum atomic E-state index is 0.0159. The maximum absolute atomic E-state index is 12.6. The molecule has 4 aromatic carbocycles. The van der Waals surface area contributed by atoms with Crippen LogP contribution in [0.5, 0.6) is 5.75 Å². The lowest BCUT2D eigenvalue weighted by Gasteiger charge is -2.36. The smallest absolute Gasteiger partial charge is 0.261 e. The highest BCUT2D eigenvalue weighted by Gasteiger charge is 2.21. The summed E-state index contributed by atoms with van der Waals surface area (Å²) in [4.78, 5) is 43.3. The molecule has 2 saturated heterocycles. The number of fused-ring (bicyclic) bond motifs is 2. The Balaban J connectivity index is 0.000000167. The number of hydrogen-bond acceptors (Lipinski definition) is 10. The lowest BCUT2D eigenvalue weighted by molar-refractivity contribution is 0.246. The number of nitrogens with zero attached hydrogens (tertiary/aromatic N) is 9. The quantitative estimate of drug-likeness (QED) is 0.214. The molecular weight excluding hydrogens is 679 g/mol. The number of nitriles is 1. The van der Waals surface area contributed by atoms with Crippen LogP contribution >= 0.6 is 0 Å². The van der Waals surface area contributed by atoms with Gasteiger partial charge in [0.2, 0.25) is 0 Å². The van der Waals surface area contributed by atoms with Gasteiger partial charge in [-0.3, -0.25) is 28.5 Å². The van der Waals surface area contributed by atoms with E-state index < -0.39 is 0 Å². The minimum absolute atomic E-state index is 0.0159. The van der Waals surface area contributed by atoms with Crippen molar-refractivity contribution in [3.63, 3.8) is 0 Å². The van der Waals surface area contributed by atoms with Crippen molar-refractivity contribution < 1.29 is 4.74 Å². The highest BCUT2D eigenvalue weighted by atomic mass is 16.5. The molecule has 12 heteroatoms. The van der Waals surface area contributed by atoms with Crippen molar-refractivity contribution in [1.82, 2.24) is 28.9 Å². The summed E-state index contributed by atoms with van der Waals surface area (Å²) >= 11 is 0. The van der Waals surface area contributed by atoms with Crippen LogP contribution in [0.1, 0.15) is 5.56 Å². The van der Waals surface area contributed by atoms with E-state index in [1.165, 1.54) is 0 Å². The molecular formula is C42H45N9O3. The molecule has 2 aromatic heterocycles. The summed E-state index contributed by atoms with van der Waals surface area (Å²) in [7, 11) is 1.71. The summed E-state index contributed by atoms with van der Waals surface area (Å²) < 4.78 is 8.89. The number of anilines is 2. The molecule has 0 aliphatic carbocycles. The molecule has 2 aliphatic heterocycles. The van der Waals surface area contributed by atoms with Crippen molar-refractivity contribution in [3.8, 4) is 11.8 Å². The van der Waals surface area contributed by atoms with Gasteiger partial charge in [0.05, 0.1) is 58.5 Å². The fourth-order valence-electron chi connectivity index (χ4n) is 7.19. The summed E-state index contributed by atoms with van der Waals surface area (Å²) in [6.07, 6.45) is 3.31. The van der Waals surface area contributed by atoms with Gasteiger partial charge < -0.3 is 14.5 Å². The minimum Gasteiger partial charge on any atom is -0.495 e. The molecule has 2 aliphatic rings. The summed E-state index contributed by atoms with van der Waals surface area (Å²) in [6, 6.07) is 33.1. The Hall–Kier alpha value is -6.03. The third-order valence-electron chi connectivity index (χ3n) is 10.3. The zero-order chi connectivity index (χ0) is 37.3. The van der Waals surface area contributed by atoms with Gasteiger partial charge in [0, 0.05) is 78.5 Å². The fraction of sp³-hybridized carbons (Fsp3) is 0.310. The largest absolute Gasteiger partial charge is 0.495 e. The van der Waals surface area contributed by atoms with Gasteiger partial charge in [-0.25, -0.2) is 9.97 Å². The Morgan fingerprint density at radius 2 is 1.02 bits per heavy atom. The molecule has 0 saturated carbocycles. The van der Waals surface area contributed by atoms with Crippen LogP contribution < -0.4 is 25.7 Å². The standard InChI is InChI=1S/C21H21N5O.C21H24N4O2/c22-15-17-5-1-4-8-20(17)25-12-9-24(10-13-25)11-14-26-16-23-19-7-3-2-6-18(19)21(26)27;1-27-20-9-5-4-8-19(20)24-13-10-23(11-14-24)12-15-25-16-22-18-7-3-2-6-17(18)21(25)26/h1-8,16H,9-14H2;2-9,16H,10-15H2,1H3. The number of hydrogen-bond donors (Lipinski definition) is 0. The average Bonchev–Trinajstić information content (AvgIpc) is 3.24. The zero-order valence-corrected chi connectivity index (χ0v) is 30.6. The van der Waals surface area contributed by atoms with Gasteiger partial charge in [0.25, 0.3) is 11.1 Å². The molecule has 0 N–H and O–H groups in total. The van der Waals surface area contributed by atoms with Crippen molar-refractivity contribution in [2.45, 2.75) is 13.1 Å². The first-order valence-electron chi connectivity index (χ1n) is 18.5. The van der Waals surface area contributed by atoms with E-state index in [1.807, 2.05) is 91.0 Å². The van der Waals surface area contributed by atoms with Crippen LogP contribution in [0.3, 0.4) is 0 Å². The second-order valence-corrected chi connectivity index (χ2v) is 13.5. The van der Waals surface area contributed by atoms with Crippen molar-refractivity contribution >= 4 is 33.2 Å². The Bertz CT molecular complexity index is 2350. The molecule has 0 bridgehead atoms. The summed E-state index contributed by atoms with van der Waals surface area (Å²) in [5.74, 6) is 0.916. The molecule has 2 fully saturated rings. The van der Waals surface area contributed by atoms with Crippen molar-refractivity contribution in [3.05, 3.63) is 136 Å². The molecule has 6 aromatic rings. The third-order valence-corrected chi connectivity index (χ3v) is 10.3. The normalized spacial score (nSPS) is 15.1. The second-order valence-electron chi connectivity index (χ2n) is 13.5. The SMILES string of the molecule is COc1ccccc1N1CCN(CCn2cnc3ccccc3c2=O)CC1.N#Cc1ccccc1N1CCN(CCn2cnc3ccccc3c2=O)CC1. The third kappa shape index (κ3) is 8.28. The van der Waals surface area contributed by atoms with E-state index in [0.29, 0.717) is 23.9 Å². The lowest BCUT2D eigenvalue weighted by atomic mass is 10.1. The highest BCUT2D eigenvalue weighted by Crippen LogP contribution is 2.28. The van der Waals surface area contributed by atoms with Gasteiger partial charge in [-0.15, -0.1) is 0 Å². The van der Waals surface area contributed by atoms with E-state index in [2.05, 4.69) is 41.7 Å². The number of methoxy groups -OCH3 is 1. The highest BCUT2D eigenvalue weighted by molar-refractivity contribution is 5.77. The predicted molar refractivity (Wildman–Crippen MR) is 213 cm³/mol. The van der Waals surface area contributed by atoms with Crippen LogP contribution in [-0.4, -0.2) is 101 Å². The number of rotatable bonds is 9. The molecule has 0 amide bonds. The molecule has 276 valence electrons. The number of benzene rings is 4. The van der Waals surface area contributed by atoms with E-state index in [-0.39, 0.29) is 11.1 Å². The van der Waals surface area contributed by atoms with Crippen LogP contribution in [0.25, 0.3) is 21.8 Å². The van der Waals surface area contributed by atoms with E-state index in [4.69, 9.17) is 4.74 Å². The van der Waals surface area contributed by atoms with Crippen molar-refractivity contribution in [2.75, 3.05) is 82.4 Å². The van der Waals surface area contributed by atoms with Crippen LogP contribution in [0.2, 0.25) is 0 Å². The van der Waals surface area contributed by atoms with Gasteiger partial charge >= 0.3 is 0 Å². The van der Waals surface area contributed by atoms with Gasteiger partial charge in [-0.05, 0) is 48.5 Å². The van der Waals surface area contributed by atoms with Crippen LogP contribution in [-0.2, 0) is 13.1 Å². The maximum atomic E-state index is 12.6. The van der Waals surface area contributed by atoms with Crippen molar-refractivity contribution in [1.29, 1.82) is 5.26 Å². The van der Waals surface area contributed by atoms with Gasteiger partial charge in [-0.2, -0.15) is 5.26 Å². The summed E-state index contributed by atoms with van der Waals surface area (Å²) in [5, 5.41) is 10.6. The van der Waals surface area contributed by atoms with E-state index in [0.717, 1.165) is 99.2 Å². The first kappa shape index (κ1) is 36.3. The number of piperazine rings is 2. The van der Waals surface area contributed by atoms with Crippen LogP contribution in [0, 0.1) is 11.3 Å². The average molecular weight is 724 g/mol. The Labute approximate surface area is 314 Å². The summed E-state index contributed by atoms with van der Waals surface area (Å²) in [6.45, 7) is 10.4. The molecule has 12 nitrogen and oxygen atoms in total. The molecule has 0 spiro atoms. The van der Waals surface area contributed by atoms with E-state index >= 15 is 0 Å². The molecule has 8 rings (SSSR count). The van der Waals surface area contributed by atoms with E-state index in [1.54, 1.807) is 28.9 Å². The molecule has 0 radical (unpaired) electrons. The first-order valence-corrected chi connectivity index (χ1v) is 18.5. The Morgan fingerprint density at radius 1 is 0.574 bits per heavy atom. The number of para-hydroxylation sites is 5. The Morgan fingerprint density at radius 3 is 1.54 bits per heavy atom. The topological polar surface area (TPSA) is 116 Å². The van der Waals surface area contributed by atoms with Gasteiger partial charge in [0.15, 0.2) is 0 Å². The Kier molecular flexibility index (Phi) is 11.6. The van der Waals surface area contributed by atoms with Crippen LogP contribution in [0.4, 0.5) is 11.4 Å². The van der Waals surface area contributed by atoms with Gasteiger partial charge in [-0.1, -0.05) is 48.5 Å². The monoisotopic (exact) mass is 723 g/mol. The molecule has 54 heavy (non-hydrogen) atoms. The maximum Gasteiger partial charge on any atom is 0.261 e. The van der Waals surface area contributed by atoms with Crippen molar-refractivity contribution in [2.24, 2.45) is 0 Å². The predicted octanol–water partition coefficient (Wildman–Crippen LogP) is 4.32. The lowest BCUT2D eigenvalue weighted by Crippen LogP contribution is -2.47. The number of ether oxygens (including phenoxy) is 1. The van der Waals surface area contributed by atoms with E-state index in [9.17, 15) is 14.9 Å². The van der Waals surface area contributed by atoms with Crippen LogP contribution in [0.15, 0.2) is 119 Å². The molecule has 0 atom stereocenters. The fourth-order valence-corrected chi connectivity index (χ4v) is 7.19. The second kappa shape index (κ2) is 17.2. The molecule has 0 unspecified atom stereocenters.